The number of hydrogen-bond donors (Lipinski definition) is 2. The summed E-state index contributed by atoms with van der Waals surface area (Å²) in [5, 5.41) is 8.60. The van der Waals surface area contributed by atoms with Crippen molar-refractivity contribution >= 4 is 16.0 Å². The van der Waals surface area contributed by atoms with Gasteiger partial charge in [0.25, 0.3) is 0 Å². The van der Waals surface area contributed by atoms with Crippen molar-refractivity contribution in [2.45, 2.75) is 18.2 Å². The maximum atomic E-state index is 12.0. The number of pyridine rings is 1. The van der Waals surface area contributed by atoms with Crippen LogP contribution in [0, 0.1) is 11.8 Å². The number of carbonyl (C=O) groups is 1. The summed E-state index contributed by atoms with van der Waals surface area (Å²) in [7, 11) is -3.77. The van der Waals surface area contributed by atoms with Crippen LogP contribution in [0.1, 0.15) is 18.9 Å². The first-order chi connectivity index (χ1) is 9.99. The number of nitrogens with zero attached hydrogens (tertiary/aromatic N) is 1. The molecule has 1 aromatic rings. The lowest BCUT2D eigenvalue weighted by atomic mass is 10.3. The van der Waals surface area contributed by atoms with E-state index < -0.39 is 16.0 Å². The van der Waals surface area contributed by atoms with Gasteiger partial charge in [-0.3, -0.25) is 9.78 Å². The minimum atomic E-state index is -3.77. The molecule has 2 N–H and O–H groups in total. The number of aromatic nitrogens is 1. The molecule has 0 atom stereocenters. The molecule has 1 heterocycles. The van der Waals surface area contributed by atoms with E-state index in [0.717, 1.165) is 0 Å². The van der Waals surface area contributed by atoms with Crippen LogP contribution in [0.25, 0.3) is 0 Å². The Labute approximate surface area is 123 Å². The van der Waals surface area contributed by atoms with Gasteiger partial charge < -0.3 is 9.84 Å². The number of aliphatic hydroxyl groups is 1. The number of esters is 1. The SMILES string of the molecule is CCOC(=O)CCNS(=O)(=O)c1cncc(C#CCO)c1. The molecule has 0 aromatic carbocycles. The van der Waals surface area contributed by atoms with Gasteiger partial charge in [0.05, 0.1) is 13.0 Å². The van der Waals surface area contributed by atoms with Crippen LogP contribution in [-0.4, -0.2) is 44.2 Å². The summed E-state index contributed by atoms with van der Waals surface area (Å²) in [6, 6.07) is 1.34. The van der Waals surface area contributed by atoms with Crippen molar-refractivity contribution in [3.63, 3.8) is 0 Å². The van der Waals surface area contributed by atoms with E-state index in [1.165, 1.54) is 18.5 Å². The molecule has 0 aliphatic heterocycles. The van der Waals surface area contributed by atoms with E-state index in [9.17, 15) is 13.2 Å². The summed E-state index contributed by atoms with van der Waals surface area (Å²) in [5.74, 6) is 4.50. The summed E-state index contributed by atoms with van der Waals surface area (Å²) in [4.78, 5) is 14.8. The van der Waals surface area contributed by atoms with Gasteiger partial charge >= 0.3 is 5.97 Å². The standard InChI is InChI=1S/C13H16N2O5S/c1-2-20-13(17)5-6-15-21(18,19)12-8-11(4-3-7-16)9-14-10-12/h8-10,15-16H,2,5-7H2,1H3. The molecule has 0 aliphatic rings. The van der Waals surface area contributed by atoms with Gasteiger partial charge in [0.1, 0.15) is 11.5 Å². The maximum Gasteiger partial charge on any atom is 0.307 e. The van der Waals surface area contributed by atoms with Crippen LogP contribution in [0.15, 0.2) is 23.4 Å². The third-order valence-electron chi connectivity index (χ3n) is 2.26. The molecule has 1 rings (SSSR count). The predicted octanol–water partition coefficient (Wildman–Crippen LogP) is -0.343. The van der Waals surface area contributed by atoms with E-state index in [1.807, 2.05) is 0 Å². The summed E-state index contributed by atoms with van der Waals surface area (Å²) in [6.45, 7) is 1.54. The van der Waals surface area contributed by atoms with Crippen LogP contribution in [0.5, 0.6) is 0 Å². The summed E-state index contributed by atoms with van der Waals surface area (Å²) >= 11 is 0. The zero-order valence-electron chi connectivity index (χ0n) is 11.5. The second kappa shape index (κ2) is 8.36. The van der Waals surface area contributed by atoms with Gasteiger partial charge in [-0.25, -0.2) is 13.1 Å². The summed E-state index contributed by atoms with van der Waals surface area (Å²) < 4.78 is 31.0. The zero-order valence-corrected chi connectivity index (χ0v) is 12.3. The number of hydrogen-bond acceptors (Lipinski definition) is 6. The minimum absolute atomic E-state index is 0.0511. The average Bonchev–Trinajstić information content (AvgIpc) is 2.45. The molecular formula is C13H16N2O5S. The Kier molecular flexibility index (Phi) is 6.81. The fourth-order valence-electron chi connectivity index (χ4n) is 1.38. The smallest absolute Gasteiger partial charge is 0.307 e. The fraction of sp³-hybridized carbons (Fsp3) is 0.385. The van der Waals surface area contributed by atoms with Crippen molar-refractivity contribution in [3.8, 4) is 11.8 Å². The molecule has 7 nitrogen and oxygen atoms in total. The Hall–Kier alpha value is -1.95. The molecule has 0 unspecified atom stereocenters. The Morgan fingerprint density at radius 2 is 2.24 bits per heavy atom. The predicted molar refractivity (Wildman–Crippen MR) is 74.6 cm³/mol. The minimum Gasteiger partial charge on any atom is -0.466 e. The van der Waals surface area contributed by atoms with Crippen LogP contribution in [0.4, 0.5) is 0 Å². The highest BCUT2D eigenvalue weighted by atomic mass is 32.2. The van der Waals surface area contributed by atoms with E-state index in [-0.39, 0.29) is 31.1 Å². The number of nitrogens with one attached hydrogen (secondary N) is 1. The molecule has 1 aromatic heterocycles. The molecule has 114 valence electrons. The quantitative estimate of drug-likeness (QED) is 0.550. The van der Waals surface area contributed by atoms with E-state index >= 15 is 0 Å². The van der Waals surface area contributed by atoms with Crippen LogP contribution in [-0.2, 0) is 19.6 Å². The highest BCUT2D eigenvalue weighted by Crippen LogP contribution is 2.08. The van der Waals surface area contributed by atoms with Crippen LogP contribution >= 0.6 is 0 Å². The van der Waals surface area contributed by atoms with Crippen LogP contribution in [0.2, 0.25) is 0 Å². The fourth-order valence-corrected chi connectivity index (χ4v) is 2.40. The second-order valence-corrected chi connectivity index (χ2v) is 5.59. The molecule has 0 bridgehead atoms. The molecule has 0 saturated heterocycles. The van der Waals surface area contributed by atoms with Crippen molar-refractivity contribution in [1.82, 2.24) is 9.71 Å². The third kappa shape index (κ3) is 5.91. The van der Waals surface area contributed by atoms with Crippen molar-refractivity contribution in [2.24, 2.45) is 0 Å². The topological polar surface area (TPSA) is 106 Å². The molecule has 21 heavy (non-hydrogen) atoms. The first kappa shape index (κ1) is 17.1. The highest BCUT2D eigenvalue weighted by molar-refractivity contribution is 7.89. The Balaban J connectivity index is 2.72. The van der Waals surface area contributed by atoms with Crippen LogP contribution < -0.4 is 4.72 Å². The second-order valence-electron chi connectivity index (χ2n) is 3.82. The van der Waals surface area contributed by atoms with Crippen molar-refractivity contribution in [1.29, 1.82) is 0 Å². The van der Waals surface area contributed by atoms with Gasteiger partial charge in [-0.1, -0.05) is 11.8 Å². The normalized spacial score (nSPS) is 10.6. The van der Waals surface area contributed by atoms with Gasteiger partial charge in [-0.2, -0.15) is 0 Å². The van der Waals surface area contributed by atoms with E-state index in [2.05, 4.69) is 21.5 Å². The molecule has 0 saturated carbocycles. The summed E-state index contributed by atoms with van der Waals surface area (Å²) in [5.41, 5.74) is 0.373. The molecule has 0 amide bonds. The molecule has 0 fully saturated rings. The largest absolute Gasteiger partial charge is 0.466 e. The van der Waals surface area contributed by atoms with Crippen molar-refractivity contribution in [2.75, 3.05) is 19.8 Å². The first-order valence-electron chi connectivity index (χ1n) is 6.19. The lowest BCUT2D eigenvalue weighted by molar-refractivity contribution is -0.142. The maximum absolute atomic E-state index is 12.0. The van der Waals surface area contributed by atoms with Gasteiger partial charge in [-0.15, -0.1) is 0 Å². The van der Waals surface area contributed by atoms with Gasteiger partial charge in [0, 0.05) is 24.5 Å². The molecule has 0 aliphatic carbocycles. The molecule has 0 radical (unpaired) electrons. The number of aliphatic hydroxyl groups excluding tert-OH is 1. The third-order valence-corrected chi connectivity index (χ3v) is 3.69. The van der Waals surface area contributed by atoms with E-state index in [4.69, 9.17) is 9.84 Å². The van der Waals surface area contributed by atoms with Gasteiger partial charge in [0.2, 0.25) is 10.0 Å². The molecule has 8 heteroatoms. The summed E-state index contributed by atoms with van der Waals surface area (Å²) in [6.07, 6.45) is 2.52. The number of sulfonamides is 1. The van der Waals surface area contributed by atoms with Gasteiger partial charge in [0.15, 0.2) is 0 Å². The molecular weight excluding hydrogens is 296 g/mol. The molecule has 0 spiro atoms. The lowest BCUT2D eigenvalue weighted by Gasteiger charge is -2.06. The van der Waals surface area contributed by atoms with Crippen molar-refractivity contribution < 1.29 is 23.1 Å². The van der Waals surface area contributed by atoms with E-state index in [1.54, 1.807) is 6.92 Å². The number of rotatable bonds is 6. The first-order valence-corrected chi connectivity index (χ1v) is 7.68. The van der Waals surface area contributed by atoms with E-state index in [0.29, 0.717) is 5.56 Å². The van der Waals surface area contributed by atoms with Crippen molar-refractivity contribution in [3.05, 3.63) is 24.0 Å². The highest BCUT2D eigenvalue weighted by Gasteiger charge is 2.15. The Morgan fingerprint density at radius 3 is 2.90 bits per heavy atom. The Morgan fingerprint density at radius 1 is 1.48 bits per heavy atom. The van der Waals surface area contributed by atoms with Crippen LogP contribution in [0.3, 0.4) is 0 Å². The monoisotopic (exact) mass is 312 g/mol. The number of carbonyl (C=O) groups excluding carboxylic acids is 1. The zero-order chi connectivity index (χ0) is 15.7. The average molecular weight is 312 g/mol. The van der Waals surface area contributed by atoms with Gasteiger partial charge in [-0.05, 0) is 13.0 Å². The number of ether oxygens (including phenoxy) is 1. The Bertz CT molecular complexity index is 646. The lowest BCUT2D eigenvalue weighted by Crippen LogP contribution is -2.27.